The van der Waals surface area contributed by atoms with Gasteiger partial charge in [0.2, 0.25) is 0 Å². The van der Waals surface area contributed by atoms with Crippen LogP contribution in [0.1, 0.15) is 26.7 Å². The zero-order chi connectivity index (χ0) is 16.7. The molecule has 1 aromatic rings. The third-order valence-corrected chi connectivity index (χ3v) is 5.28. The number of hydrogen-bond acceptors (Lipinski definition) is 4. The van der Waals surface area contributed by atoms with Gasteiger partial charge in [0, 0.05) is 35.8 Å². The summed E-state index contributed by atoms with van der Waals surface area (Å²) in [7, 11) is 0. The quantitative estimate of drug-likeness (QED) is 0.758. The summed E-state index contributed by atoms with van der Waals surface area (Å²) in [5.41, 5.74) is -0.919. The minimum Gasteiger partial charge on any atom is -0.478 e. The maximum atomic E-state index is 12.3. The van der Waals surface area contributed by atoms with E-state index in [1.54, 1.807) is 38.1 Å². The molecule has 0 spiro atoms. The fourth-order valence-electron chi connectivity index (χ4n) is 2.29. The summed E-state index contributed by atoms with van der Waals surface area (Å²) < 4.78 is 11.1. The van der Waals surface area contributed by atoms with Gasteiger partial charge in [-0.25, -0.2) is 0 Å². The Balaban J connectivity index is 1.71. The second-order valence-electron chi connectivity index (χ2n) is 6.00. The van der Waals surface area contributed by atoms with E-state index in [0.29, 0.717) is 22.6 Å². The number of ether oxygens (including phenoxy) is 2. The Hall–Kier alpha value is -0.910. The number of thioether (sulfide) groups is 1. The van der Waals surface area contributed by atoms with Gasteiger partial charge in [-0.15, -0.1) is 0 Å². The molecule has 0 aliphatic carbocycles. The lowest BCUT2D eigenvalue weighted by molar-refractivity contribution is -0.134. The van der Waals surface area contributed by atoms with Crippen LogP contribution in [-0.2, 0) is 9.53 Å². The van der Waals surface area contributed by atoms with Crippen molar-refractivity contribution in [1.82, 2.24) is 5.32 Å². The summed E-state index contributed by atoms with van der Waals surface area (Å²) in [6, 6.07) is 7.02. The van der Waals surface area contributed by atoms with Crippen molar-refractivity contribution in [1.29, 1.82) is 0 Å². The van der Waals surface area contributed by atoms with E-state index in [4.69, 9.17) is 21.1 Å². The number of rotatable bonds is 7. The highest BCUT2D eigenvalue weighted by atomic mass is 35.5. The van der Waals surface area contributed by atoms with Gasteiger partial charge >= 0.3 is 0 Å². The molecule has 1 aliphatic heterocycles. The maximum absolute atomic E-state index is 12.3. The molecular weight excluding hydrogens is 334 g/mol. The normalized spacial score (nSPS) is 16.1. The van der Waals surface area contributed by atoms with Crippen molar-refractivity contribution in [3.63, 3.8) is 0 Å². The van der Waals surface area contributed by atoms with E-state index in [2.05, 4.69) is 5.32 Å². The van der Waals surface area contributed by atoms with Crippen molar-refractivity contribution in [2.24, 2.45) is 0 Å². The Bertz CT molecular complexity index is 501. The molecule has 1 N–H and O–H groups in total. The van der Waals surface area contributed by atoms with Crippen LogP contribution < -0.4 is 10.1 Å². The van der Waals surface area contributed by atoms with Gasteiger partial charge < -0.3 is 14.8 Å². The van der Waals surface area contributed by atoms with Crippen LogP contribution in [0, 0.1) is 0 Å². The van der Waals surface area contributed by atoms with Gasteiger partial charge in [0.05, 0.1) is 0 Å². The molecule has 23 heavy (non-hydrogen) atoms. The van der Waals surface area contributed by atoms with Crippen LogP contribution in [0.3, 0.4) is 0 Å². The molecule has 2 rings (SSSR count). The van der Waals surface area contributed by atoms with Gasteiger partial charge in [-0.1, -0.05) is 11.6 Å². The number of carbonyl (C=O) groups is 1. The second kappa shape index (κ2) is 8.81. The zero-order valence-corrected chi connectivity index (χ0v) is 15.2. The van der Waals surface area contributed by atoms with Gasteiger partial charge in [0.1, 0.15) is 5.75 Å². The van der Waals surface area contributed by atoms with Crippen molar-refractivity contribution >= 4 is 29.3 Å². The molecular formula is C17H24ClNO3S. The highest BCUT2D eigenvalue weighted by Crippen LogP contribution is 2.22. The van der Waals surface area contributed by atoms with Gasteiger partial charge in [-0.3, -0.25) is 4.79 Å². The van der Waals surface area contributed by atoms with Crippen LogP contribution in [0.15, 0.2) is 24.3 Å². The number of nitrogens with one attached hydrogen (secondary N) is 1. The molecule has 0 bridgehead atoms. The highest BCUT2D eigenvalue weighted by Gasteiger charge is 2.29. The van der Waals surface area contributed by atoms with Gasteiger partial charge in [-0.05, 0) is 51.0 Å². The molecule has 0 aromatic heterocycles. The Morgan fingerprint density at radius 1 is 1.35 bits per heavy atom. The summed E-state index contributed by atoms with van der Waals surface area (Å²) in [4.78, 5) is 12.3. The first-order valence-electron chi connectivity index (χ1n) is 7.89. The Morgan fingerprint density at radius 2 is 2.00 bits per heavy atom. The number of amides is 1. The van der Waals surface area contributed by atoms with Crippen LogP contribution in [0.4, 0.5) is 0 Å². The average Bonchev–Trinajstić information content (AvgIpc) is 2.54. The molecule has 0 radical (unpaired) electrons. The van der Waals surface area contributed by atoms with Crippen LogP contribution in [0.5, 0.6) is 5.75 Å². The first kappa shape index (κ1) is 18.4. The highest BCUT2D eigenvalue weighted by molar-refractivity contribution is 7.99. The molecule has 1 saturated heterocycles. The van der Waals surface area contributed by atoms with E-state index in [9.17, 15) is 4.79 Å². The minimum absolute atomic E-state index is 0.111. The lowest BCUT2D eigenvalue weighted by Gasteiger charge is -2.26. The van der Waals surface area contributed by atoms with Crippen molar-refractivity contribution in [2.75, 3.05) is 25.5 Å². The third kappa shape index (κ3) is 6.24. The lowest BCUT2D eigenvalue weighted by atomic mass is 10.1. The largest absolute Gasteiger partial charge is 0.478 e. The number of benzene rings is 1. The fourth-order valence-corrected chi connectivity index (χ4v) is 3.49. The topological polar surface area (TPSA) is 47.6 Å². The van der Waals surface area contributed by atoms with Crippen LogP contribution in [0.2, 0.25) is 5.02 Å². The smallest absolute Gasteiger partial charge is 0.263 e. The van der Waals surface area contributed by atoms with E-state index in [1.807, 2.05) is 11.8 Å². The molecule has 6 heteroatoms. The summed E-state index contributed by atoms with van der Waals surface area (Å²) in [5.74, 6) is 1.43. The summed E-state index contributed by atoms with van der Waals surface area (Å²) in [5, 5.41) is 4.25. The molecule has 0 unspecified atom stereocenters. The minimum atomic E-state index is -0.919. The Morgan fingerprint density at radius 3 is 2.65 bits per heavy atom. The van der Waals surface area contributed by atoms with E-state index in [0.717, 1.165) is 31.8 Å². The van der Waals surface area contributed by atoms with Gasteiger partial charge in [0.15, 0.2) is 5.60 Å². The molecule has 1 fully saturated rings. The molecule has 0 atom stereocenters. The first-order valence-corrected chi connectivity index (χ1v) is 9.32. The SMILES string of the molecule is CC(C)(Oc1ccc(Cl)cc1)C(=O)NCCSC1CCOCC1. The standard InChI is InChI=1S/C17H24ClNO3S/c1-17(2,22-14-5-3-13(18)4-6-14)16(20)19-9-12-23-15-7-10-21-11-8-15/h3-6,15H,7-12H2,1-2H3,(H,19,20). The molecule has 4 nitrogen and oxygen atoms in total. The van der Waals surface area contributed by atoms with E-state index in [1.165, 1.54) is 0 Å². The summed E-state index contributed by atoms with van der Waals surface area (Å²) in [6.07, 6.45) is 2.20. The molecule has 1 heterocycles. The predicted octanol–water partition coefficient (Wildman–Crippen LogP) is 3.53. The van der Waals surface area contributed by atoms with Crippen LogP contribution >= 0.6 is 23.4 Å². The average molecular weight is 358 g/mol. The van der Waals surface area contributed by atoms with Gasteiger partial charge in [0.25, 0.3) is 5.91 Å². The Kier molecular flexibility index (Phi) is 7.06. The van der Waals surface area contributed by atoms with Crippen LogP contribution in [-0.4, -0.2) is 42.3 Å². The first-order chi connectivity index (χ1) is 11.0. The lowest BCUT2D eigenvalue weighted by Crippen LogP contribution is -2.47. The molecule has 1 amide bonds. The molecule has 128 valence electrons. The number of halogens is 1. The molecule has 1 aromatic carbocycles. The monoisotopic (exact) mass is 357 g/mol. The molecule has 1 aliphatic rings. The maximum Gasteiger partial charge on any atom is 0.263 e. The van der Waals surface area contributed by atoms with E-state index < -0.39 is 5.60 Å². The van der Waals surface area contributed by atoms with E-state index >= 15 is 0 Å². The zero-order valence-electron chi connectivity index (χ0n) is 13.6. The van der Waals surface area contributed by atoms with Crippen molar-refractivity contribution in [2.45, 2.75) is 37.5 Å². The number of hydrogen-bond donors (Lipinski definition) is 1. The van der Waals surface area contributed by atoms with Crippen molar-refractivity contribution in [3.8, 4) is 5.75 Å². The van der Waals surface area contributed by atoms with Gasteiger partial charge in [-0.2, -0.15) is 11.8 Å². The summed E-state index contributed by atoms with van der Waals surface area (Å²) >= 11 is 7.75. The fraction of sp³-hybridized carbons (Fsp3) is 0.588. The third-order valence-electron chi connectivity index (χ3n) is 3.64. The van der Waals surface area contributed by atoms with Crippen molar-refractivity contribution < 1.29 is 14.3 Å². The van der Waals surface area contributed by atoms with E-state index in [-0.39, 0.29) is 5.91 Å². The van der Waals surface area contributed by atoms with Crippen molar-refractivity contribution in [3.05, 3.63) is 29.3 Å². The summed E-state index contributed by atoms with van der Waals surface area (Å²) in [6.45, 7) is 5.89. The predicted molar refractivity (Wildman–Crippen MR) is 95.5 cm³/mol. The Labute approximate surface area is 147 Å². The van der Waals surface area contributed by atoms with Crippen LogP contribution in [0.25, 0.3) is 0 Å². The number of carbonyl (C=O) groups excluding carboxylic acids is 1. The molecule has 0 saturated carbocycles. The second-order valence-corrected chi connectivity index (χ2v) is 7.85.